The third kappa shape index (κ3) is 3.33. The lowest BCUT2D eigenvalue weighted by Crippen LogP contribution is -2.12. The molecule has 152 valence electrons. The van der Waals surface area contributed by atoms with Crippen molar-refractivity contribution in [3.63, 3.8) is 0 Å². The number of carbonyl (C=O) groups excluding carboxylic acids is 1. The van der Waals surface area contributed by atoms with E-state index in [4.69, 9.17) is 4.74 Å². The quantitative estimate of drug-likeness (QED) is 0.303. The molecule has 31 heavy (non-hydrogen) atoms. The van der Waals surface area contributed by atoms with Crippen molar-refractivity contribution in [1.29, 1.82) is 0 Å². The Kier molecular flexibility index (Phi) is 4.89. The molecule has 0 saturated carbocycles. The molecular formula is C28H23NO2. The van der Waals surface area contributed by atoms with Crippen molar-refractivity contribution < 1.29 is 9.53 Å². The third-order valence-corrected chi connectivity index (χ3v) is 5.75. The molecule has 3 nitrogen and oxygen atoms in total. The molecule has 5 rings (SSSR count). The lowest BCUT2D eigenvalue weighted by molar-refractivity contribution is 0.0848. The summed E-state index contributed by atoms with van der Waals surface area (Å²) in [6.45, 7) is 2.19. The molecule has 0 unspecified atom stereocenters. The Bertz CT molecular complexity index is 1280. The number of hydrogen-bond acceptors (Lipinski definition) is 3. The summed E-state index contributed by atoms with van der Waals surface area (Å²) in [7, 11) is 1.55. The van der Waals surface area contributed by atoms with E-state index in [2.05, 4.69) is 84.6 Å². The van der Waals surface area contributed by atoms with E-state index in [0.29, 0.717) is 5.56 Å². The van der Waals surface area contributed by atoms with Crippen LogP contribution in [-0.4, -0.2) is 19.5 Å². The molecule has 0 fully saturated rings. The Morgan fingerprint density at radius 2 is 1.35 bits per heavy atom. The second-order valence-electron chi connectivity index (χ2n) is 7.83. The number of Topliss-reactive ketones (excluding diaryl/α,β-unsaturated/α-hetero) is 1. The number of nitrogens with zero attached hydrogens (tertiary/aromatic N) is 1. The molecule has 0 spiro atoms. The molecular weight excluding hydrogens is 382 g/mol. The van der Waals surface area contributed by atoms with Crippen LogP contribution >= 0.6 is 0 Å². The van der Waals surface area contributed by atoms with Gasteiger partial charge < -0.3 is 9.64 Å². The van der Waals surface area contributed by atoms with Crippen molar-refractivity contribution in [2.45, 2.75) is 6.92 Å². The zero-order chi connectivity index (χ0) is 21.4. The predicted octanol–water partition coefficient (Wildman–Crippen LogP) is 6.94. The number of carbonyl (C=O) groups is 1. The largest absolute Gasteiger partial charge is 0.377 e. The summed E-state index contributed by atoms with van der Waals surface area (Å²) in [5.41, 5.74) is 9.63. The molecule has 4 aromatic rings. The second kappa shape index (κ2) is 7.86. The summed E-state index contributed by atoms with van der Waals surface area (Å²) >= 11 is 0. The fourth-order valence-corrected chi connectivity index (χ4v) is 4.33. The molecule has 1 heterocycles. The van der Waals surface area contributed by atoms with Gasteiger partial charge in [0.1, 0.15) is 6.61 Å². The minimum Gasteiger partial charge on any atom is -0.377 e. The van der Waals surface area contributed by atoms with E-state index < -0.39 is 0 Å². The number of ether oxygens (including phenoxy) is 1. The van der Waals surface area contributed by atoms with Gasteiger partial charge in [-0.25, -0.2) is 0 Å². The van der Waals surface area contributed by atoms with E-state index in [1.54, 1.807) is 7.11 Å². The fourth-order valence-electron chi connectivity index (χ4n) is 4.33. The standard InChI is InChI=1S/C28H23NO2/c1-19-12-14-26-24(16-19)22-10-6-7-11-23(22)25-17-20(28(30)18-31-2)13-15-27(25)29(26)21-8-4-3-5-9-21/h3-17H,18H2,1-2H3. The van der Waals surface area contributed by atoms with Crippen molar-refractivity contribution >= 4 is 22.8 Å². The molecule has 1 aliphatic heterocycles. The van der Waals surface area contributed by atoms with E-state index in [-0.39, 0.29) is 12.4 Å². The number of rotatable bonds is 4. The van der Waals surface area contributed by atoms with Crippen LogP contribution in [0, 0.1) is 6.92 Å². The SMILES string of the molecule is COCC(=O)c1ccc2c(c1)-c1ccccc1-c1cc(C)ccc1N2c1ccccc1. The maximum Gasteiger partial charge on any atom is 0.188 e. The number of anilines is 3. The van der Waals surface area contributed by atoms with Gasteiger partial charge in [-0.2, -0.15) is 0 Å². The number of ketones is 1. The van der Waals surface area contributed by atoms with E-state index in [9.17, 15) is 4.79 Å². The zero-order valence-corrected chi connectivity index (χ0v) is 17.6. The summed E-state index contributed by atoms with van der Waals surface area (Å²) < 4.78 is 5.09. The highest BCUT2D eigenvalue weighted by atomic mass is 16.5. The fraction of sp³-hybridized carbons (Fsp3) is 0.107. The number of para-hydroxylation sites is 1. The van der Waals surface area contributed by atoms with Gasteiger partial charge in [-0.1, -0.05) is 54.1 Å². The van der Waals surface area contributed by atoms with Gasteiger partial charge in [0, 0.05) is 29.5 Å². The lowest BCUT2D eigenvalue weighted by Gasteiger charge is -2.27. The highest BCUT2D eigenvalue weighted by molar-refractivity contribution is 6.05. The Hall–Kier alpha value is -3.69. The highest BCUT2D eigenvalue weighted by Crippen LogP contribution is 2.50. The van der Waals surface area contributed by atoms with Gasteiger partial charge in [-0.3, -0.25) is 4.79 Å². The monoisotopic (exact) mass is 405 g/mol. The van der Waals surface area contributed by atoms with Crippen LogP contribution in [0.25, 0.3) is 22.3 Å². The minimum absolute atomic E-state index is 0.0216. The molecule has 0 bridgehead atoms. The minimum atomic E-state index is -0.0216. The number of benzene rings is 4. The Labute approximate surface area is 182 Å². The molecule has 4 aromatic carbocycles. The molecule has 3 heteroatoms. The molecule has 0 aromatic heterocycles. The second-order valence-corrected chi connectivity index (χ2v) is 7.83. The molecule has 0 N–H and O–H groups in total. The van der Waals surface area contributed by atoms with Crippen molar-refractivity contribution in [2.24, 2.45) is 0 Å². The van der Waals surface area contributed by atoms with Gasteiger partial charge in [0.05, 0.1) is 11.4 Å². The van der Waals surface area contributed by atoms with Crippen LogP contribution in [0.5, 0.6) is 0 Å². The van der Waals surface area contributed by atoms with E-state index in [1.807, 2.05) is 18.2 Å². The summed E-state index contributed by atoms with van der Waals surface area (Å²) in [4.78, 5) is 14.9. The topological polar surface area (TPSA) is 29.5 Å². The number of fused-ring (bicyclic) bond motifs is 5. The van der Waals surface area contributed by atoms with Crippen LogP contribution in [0.4, 0.5) is 17.1 Å². The summed E-state index contributed by atoms with van der Waals surface area (Å²) in [6, 6.07) is 31.3. The van der Waals surface area contributed by atoms with Crippen LogP contribution in [0.2, 0.25) is 0 Å². The van der Waals surface area contributed by atoms with Gasteiger partial charge in [0.25, 0.3) is 0 Å². The molecule has 0 amide bonds. The first-order chi connectivity index (χ1) is 15.2. The maximum atomic E-state index is 12.6. The van der Waals surface area contributed by atoms with E-state index >= 15 is 0 Å². The normalized spacial score (nSPS) is 11.9. The predicted molar refractivity (Wildman–Crippen MR) is 126 cm³/mol. The van der Waals surface area contributed by atoms with E-state index in [0.717, 1.165) is 33.8 Å². The lowest BCUT2D eigenvalue weighted by atomic mass is 9.93. The zero-order valence-electron chi connectivity index (χ0n) is 17.6. The smallest absolute Gasteiger partial charge is 0.188 e. The van der Waals surface area contributed by atoms with Gasteiger partial charge >= 0.3 is 0 Å². The van der Waals surface area contributed by atoms with Crippen LogP contribution in [0.3, 0.4) is 0 Å². The van der Waals surface area contributed by atoms with Crippen molar-refractivity contribution in [3.8, 4) is 22.3 Å². The summed E-state index contributed by atoms with van der Waals surface area (Å²) in [5.74, 6) is -0.0216. The first-order valence-electron chi connectivity index (χ1n) is 10.4. The number of aryl methyl sites for hydroxylation is 1. The Morgan fingerprint density at radius 1 is 0.742 bits per heavy atom. The van der Waals surface area contributed by atoms with Crippen molar-refractivity contribution in [1.82, 2.24) is 0 Å². The van der Waals surface area contributed by atoms with Crippen LogP contribution in [0.1, 0.15) is 15.9 Å². The van der Waals surface area contributed by atoms with Gasteiger partial charge in [0.2, 0.25) is 0 Å². The third-order valence-electron chi connectivity index (χ3n) is 5.75. The van der Waals surface area contributed by atoms with Gasteiger partial charge in [-0.05, 0) is 60.5 Å². The maximum absolute atomic E-state index is 12.6. The molecule has 0 aliphatic carbocycles. The average molecular weight is 405 g/mol. The van der Waals surface area contributed by atoms with Gasteiger partial charge in [0.15, 0.2) is 5.78 Å². The van der Waals surface area contributed by atoms with Gasteiger partial charge in [-0.15, -0.1) is 0 Å². The highest BCUT2D eigenvalue weighted by Gasteiger charge is 2.26. The summed E-state index contributed by atoms with van der Waals surface area (Å²) in [6.07, 6.45) is 0. The molecule has 0 atom stereocenters. The molecule has 1 aliphatic rings. The van der Waals surface area contributed by atoms with Crippen LogP contribution in [0.15, 0.2) is 91.0 Å². The van der Waals surface area contributed by atoms with E-state index in [1.165, 1.54) is 11.1 Å². The van der Waals surface area contributed by atoms with Crippen molar-refractivity contribution in [3.05, 3.63) is 102 Å². The Balaban J connectivity index is 1.85. The first kappa shape index (κ1) is 19.3. The number of methoxy groups -OCH3 is 1. The van der Waals surface area contributed by atoms with Crippen molar-refractivity contribution in [2.75, 3.05) is 18.6 Å². The molecule has 0 saturated heterocycles. The molecule has 0 radical (unpaired) electrons. The van der Waals surface area contributed by atoms with Crippen LogP contribution in [-0.2, 0) is 4.74 Å². The average Bonchev–Trinajstić information content (AvgIpc) is 2.92. The number of hydrogen-bond donors (Lipinski definition) is 0. The summed E-state index contributed by atoms with van der Waals surface area (Å²) in [5, 5.41) is 0. The Morgan fingerprint density at radius 3 is 2.03 bits per heavy atom. The first-order valence-corrected chi connectivity index (χ1v) is 10.4. The van der Waals surface area contributed by atoms with Crippen LogP contribution < -0.4 is 4.90 Å².